The van der Waals surface area contributed by atoms with Crippen molar-refractivity contribution in [2.24, 2.45) is 5.41 Å². The summed E-state index contributed by atoms with van der Waals surface area (Å²) < 4.78 is 26.2. The standard InChI is InChI=1S/C11H18N2O3S/c1-11(2,6-8-14)9-13-17(15,16)10-5-3-4-7-12-10/h3-5,7,13-14H,6,8-9H2,1-2H3. The molecule has 0 aromatic carbocycles. The monoisotopic (exact) mass is 258 g/mol. The van der Waals surface area contributed by atoms with E-state index in [0.29, 0.717) is 6.42 Å². The van der Waals surface area contributed by atoms with Gasteiger partial charge in [-0.25, -0.2) is 18.1 Å². The van der Waals surface area contributed by atoms with E-state index in [9.17, 15) is 8.42 Å². The van der Waals surface area contributed by atoms with Gasteiger partial charge in [-0.05, 0) is 24.0 Å². The fraction of sp³-hybridized carbons (Fsp3) is 0.545. The molecule has 1 heterocycles. The molecule has 0 spiro atoms. The van der Waals surface area contributed by atoms with Gasteiger partial charge in [0.15, 0.2) is 5.03 Å². The summed E-state index contributed by atoms with van der Waals surface area (Å²) in [6.07, 6.45) is 1.98. The molecule has 1 aromatic rings. The molecule has 17 heavy (non-hydrogen) atoms. The zero-order chi connectivity index (χ0) is 12.9. The van der Waals surface area contributed by atoms with E-state index in [1.807, 2.05) is 13.8 Å². The molecule has 0 unspecified atom stereocenters. The Morgan fingerprint density at radius 3 is 2.65 bits per heavy atom. The first-order chi connectivity index (χ1) is 7.87. The largest absolute Gasteiger partial charge is 0.396 e. The van der Waals surface area contributed by atoms with Crippen LogP contribution < -0.4 is 4.72 Å². The molecular weight excluding hydrogens is 240 g/mol. The molecule has 0 saturated heterocycles. The number of hydrogen-bond donors (Lipinski definition) is 2. The van der Waals surface area contributed by atoms with Crippen molar-refractivity contribution >= 4 is 10.0 Å². The van der Waals surface area contributed by atoms with Crippen LogP contribution in [0.25, 0.3) is 0 Å². The van der Waals surface area contributed by atoms with Crippen LogP contribution in [-0.2, 0) is 10.0 Å². The van der Waals surface area contributed by atoms with Crippen LogP contribution in [0.15, 0.2) is 29.4 Å². The van der Waals surface area contributed by atoms with Gasteiger partial charge in [-0.2, -0.15) is 0 Å². The number of aliphatic hydroxyl groups excluding tert-OH is 1. The van der Waals surface area contributed by atoms with E-state index in [1.54, 1.807) is 12.1 Å². The van der Waals surface area contributed by atoms with Crippen LogP contribution in [0.5, 0.6) is 0 Å². The number of nitrogens with zero attached hydrogens (tertiary/aromatic N) is 1. The smallest absolute Gasteiger partial charge is 0.258 e. The Balaban J connectivity index is 2.69. The fourth-order valence-electron chi connectivity index (χ4n) is 1.26. The molecule has 5 nitrogen and oxygen atoms in total. The van der Waals surface area contributed by atoms with Crippen LogP contribution in [0.4, 0.5) is 0 Å². The van der Waals surface area contributed by atoms with Gasteiger partial charge in [0.2, 0.25) is 0 Å². The van der Waals surface area contributed by atoms with Gasteiger partial charge in [-0.15, -0.1) is 0 Å². The fourth-order valence-corrected chi connectivity index (χ4v) is 2.45. The van der Waals surface area contributed by atoms with Gasteiger partial charge in [0.1, 0.15) is 0 Å². The summed E-state index contributed by atoms with van der Waals surface area (Å²) in [5, 5.41) is 8.87. The summed E-state index contributed by atoms with van der Waals surface area (Å²) in [4.78, 5) is 3.80. The molecule has 1 rings (SSSR count). The summed E-state index contributed by atoms with van der Waals surface area (Å²) in [7, 11) is -3.55. The normalized spacial score (nSPS) is 12.6. The minimum atomic E-state index is -3.55. The lowest BCUT2D eigenvalue weighted by Crippen LogP contribution is -2.34. The van der Waals surface area contributed by atoms with Gasteiger partial charge in [0, 0.05) is 19.3 Å². The molecule has 0 bridgehead atoms. The summed E-state index contributed by atoms with van der Waals surface area (Å²) >= 11 is 0. The molecule has 0 aliphatic rings. The zero-order valence-corrected chi connectivity index (χ0v) is 10.9. The first-order valence-electron chi connectivity index (χ1n) is 5.39. The van der Waals surface area contributed by atoms with E-state index in [-0.39, 0.29) is 23.6 Å². The lowest BCUT2D eigenvalue weighted by molar-refractivity contribution is 0.213. The Hall–Kier alpha value is -0.980. The highest BCUT2D eigenvalue weighted by Crippen LogP contribution is 2.19. The lowest BCUT2D eigenvalue weighted by Gasteiger charge is -2.23. The maximum atomic E-state index is 11.8. The first-order valence-corrected chi connectivity index (χ1v) is 6.87. The third-order valence-electron chi connectivity index (χ3n) is 2.44. The predicted octanol–water partition coefficient (Wildman–Crippen LogP) is 0.769. The Bertz CT molecular complexity index is 443. The summed E-state index contributed by atoms with van der Waals surface area (Å²) in [5.74, 6) is 0. The van der Waals surface area contributed by atoms with Gasteiger partial charge in [0.05, 0.1) is 0 Å². The number of rotatable bonds is 6. The van der Waals surface area contributed by atoms with Crippen molar-refractivity contribution in [3.8, 4) is 0 Å². The summed E-state index contributed by atoms with van der Waals surface area (Å²) in [5.41, 5.74) is -0.281. The quantitative estimate of drug-likeness (QED) is 0.790. The van der Waals surface area contributed by atoms with Crippen LogP contribution in [0.3, 0.4) is 0 Å². The van der Waals surface area contributed by atoms with E-state index in [2.05, 4.69) is 9.71 Å². The molecule has 0 fully saturated rings. The maximum Gasteiger partial charge on any atom is 0.258 e. The molecule has 96 valence electrons. The lowest BCUT2D eigenvalue weighted by atomic mass is 9.90. The summed E-state index contributed by atoms with van der Waals surface area (Å²) in [6, 6.07) is 4.73. The highest BCUT2D eigenvalue weighted by atomic mass is 32.2. The van der Waals surface area contributed by atoms with E-state index >= 15 is 0 Å². The topological polar surface area (TPSA) is 79.3 Å². The second-order valence-electron chi connectivity index (χ2n) is 4.63. The second kappa shape index (κ2) is 5.57. The summed E-state index contributed by atoms with van der Waals surface area (Å²) in [6.45, 7) is 4.10. The van der Waals surface area contributed by atoms with Crippen molar-refractivity contribution < 1.29 is 13.5 Å². The van der Waals surface area contributed by atoms with Crippen LogP contribution in [0.1, 0.15) is 20.3 Å². The van der Waals surface area contributed by atoms with E-state index in [0.717, 1.165) is 0 Å². The second-order valence-corrected chi connectivity index (χ2v) is 6.34. The van der Waals surface area contributed by atoms with Crippen LogP contribution in [0, 0.1) is 5.41 Å². The third kappa shape index (κ3) is 4.41. The van der Waals surface area contributed by atoms with Crippen LogP contribution >= 0.6 is 0 Å². The van der Waals surface area contributed by atoms with Gasteiger partial charge < -0.3 is 5.11 Å². The van der Waals surface area contributed by atoms with E-state index in [4.69, 9.17) is 5.11 Å². The zero-order valence-electron chi connectivity index (χ0n) is 10.0. The highest BCUT2D eigenvalue weighted by Gasteiger charge is 2.22. The van der Waals surface area contributed by atoms with Crippen molar-refractivity contribution in [3.63, 3.8) is 0 Å². The number of nitrogens with one attached hydrogen (secondary N) is 1. The minimum Gasteiger partial charge on any atom is -0.396 e. The SMILES string of the molecule is CC(C)(CCO)CNS(=O)(=O)c1ccccn1. The molecule has 0 aliphatic carbocycles. The Morgan fingerprint density at radius 1 is 1.41 bits per heavy atom. The van der Waals surface area contributed by atoms with Gasteiger partial charge in [-0.3, -0.25) is 0 Å². The molecule has 0 radical (unpaired) electrons. The minimum absolute atomic E-state index is 0.0137. The molecule has 0 aliphatic heterocycles. The first kappa shape index (κ1) is 14.1. The molecule has 0 amide bonds. The number of hydrogen-bond acceptors (Lipinski definition) is 4. The number of aromatic nitrogens is 1. The predicted molar refractivity (Wildman–Crippen MR) is 64.9 cm³/mol. The van der Waals surface area contributed by atoms with Crippen molar-refractivity contribution in [2.75, 3.05) is 13.2 Å². The maximum absolute atomic E-state index is 11.8. The number of aliphatic hydroxyl groups is 1. The Kier molecular flexibility index (Phi) is 4.62. The van der Waals surface area contributed by atoms with E-state index in [1.165, 1.54) is 12.3 Å². The Labute approximate surface area is 102 Å². The molecule has 1 aromatic heterocycles. The Morgan fingerprint density at radius 2 is 2.12 bits per heavy atom. The molecule has 0 atom stereocenters. The van der Waals surface area contributed by atoms with Crippen LogP contribution in [0.2, 0.25) is 0 Å². The van der Waals surface area contributed by atoms with Gasteiger partial charge in [-0.1, -0.05) is 19.9 Å². The third-order valence-corrected chi connectivity index (χ3v) is 3.76. The van der Waals surface area contributed by atoms with Crippen molar-refractivity contribution in [1.82, 2.24) is 9.71 Å². The van der Waals surface area contributed by atoms with Gasteiger partial charge >= 0.3 is 0 Å². The molecule has 6 heteroatoms. The number of pyridine rings is 1. The van der Waals surface area contributed by atoms with E-state index < -0.39 is 10.0 Å². The average Bonchev–Trinajstić information content (AvgIpc) is 2.28. The van der Waals surface area contributed by atoms with Gasteiger partial charge in [0.25, 0.3) is 10.0 Å². The van der Waals surface area contributed by atoms with Crippen molar-refractivity contribution in [1.29, 1.82) is 0 Å². The molecule has 0 saturated carbocycles. The van der Waals surface area contributed by atoms with Crippen molar-refractivity contribution in [3.05, 3.63) is 24.4 Å². The molecular formula is C11H18N2O3S. The highest BCUT2D eigenvalue weighted by molar-refractivity contribution is 7.89. The number of sulfonamides is 1. The average molecular weight is 258 g/mol. The molecule has 2 N–H and O–H groups in total. The van der Waals surface area contributed by atoms with Crippen LogP contribution in [-0.4, -0.2) is 31.7 Å². The van der Waals surface area contributed by atoms with Crippen molar-refractivity contribution in [2.45, 2.75) is 25.3 Å².